The maximum atomic E-state index is 12.0. The van der Waals surface area contributed by atoms with Gasteiger partial charge in [-0.1, -0.05) is 30.3 Å². The van der Waals surface area contributed by atoms with Crippen molar-refractivity contribution in [1.82, 2.24) is 10.6 Å². The number of imide groups is 2. The molecule has 0 unspecified atom stereocenters. The molecule has 9 heteroatoms. The van der Waals surface area contributed by atoms with E-state index in [1.165, 1.54) is 0 Å². The van der Waals surface area contributed by atoms with E-state index in [0.29, 0.717) is 5.56 Å². The van der Waals surface area contributed by atoms with Gasteiger partial charge in [0.15, 0.2) is 9.84 Å². The maximum absolute atomic E-state index is 12.0. The van der Waals surface area contributed by atoms with Crippen LogP contribution in [0.15, 0.2) is 30.3 Å². The van der Waals surface area contributed by atoms with Crippen LogP contribution in [-0.4, -0.2) is 61.1 Å². The zero-order valence-electron chi connectivity index (χ0n) is 9.62. The number of hydrogen-bond donors (Lipinski definition) is 2. The van der Waals surface area contributed by atoms with Crippen LogP contribution < -0.4 is 10.6 Å². The summed E-state index contributed by atoms with van der Waals surface area (Å²) in [5, 5.41) is 1.63. The number of hydrogen-bond acceptors (Lipinski definition) is 5. The van der Waals surface area contributed by atoms with Crippen LogP contribution in [0.2, 0.25) is 0 Å². The van der Waals surface area contributed by atoms with Crippen molar-refractivity contribution in [3.8, 4) is 0 Å². The molecule has 1 fully saturated rings. The molecule has 0 atom stereocenters. The van der Waals surface area contributed by atoms with Crippen molar-refractivity contribution in [2.75, 3.05) is 0 Å². The summed E-state index contributed by atoms with van der Waals surface area (Å²) in [5.41, 5.74) is 0.458. The van der Waals surface area contributed by atoms with Crippen LogP contribution in [0.3, 0.4) is 0 Å². The van der Waals surface area contributed by atoms with Crippen LogP contribution in [0.5, 0.6) is 0 Å². The number of nitrogens with one attached hydrogen (secondary N) is 2. The Balaban J connectivity index is 0.00000200. The molecule has 20 heavy (non-hydrogen) atoms. The van der Waals surface area contributed by atoms with Crippen molar-refractivity contribution in [2.45, 2.75) is 11.0 Å². The molecule has 102 valence electrons. The molecule has 1 aliphatic heterocycles. The number of urea groups is 1. The Labute approximate surface area is 137 Å². The summed E-state index contributed by atoms with van der Waals surface area (Å²) in [7, 11) is -4.03. The van der Waals surface area contributed by atoms with Crippen LogP contribution in [0.25, 0.3) is 0 Å². The van der Waals surface area contributed by atoms with Gasteiger partial charge in [0.05, 0.1) is 5.75 Å². The summed E-state index contributed by atoms with van der Waals surface area (Å²) in [5.74, 6) is -2.69. The Bertz CT molecular complexity index is 624. The first-order chi connectivity index (χ1) is 8.90. The molecule has 2 rings (SSSR count). The fraction of sp³-hybridized carbons (Fsp3) is 0.182. The van der Waals surface area contributed by atoms with Gasteiger partial charge in [-0.3, -0.25) is 20.2 Å². The van der Waals surface area contributed by atoms with Crippen LogP contribution >= 0.6 is 0 Å². The van der Waals surface area contributed by atoms with Crippen molar-refractivity contribution in [3.63, 3.8) is 0 Å². The average molecular weight is 306 g/mol. The van der Waals surface area contributed by atoms with E-state index in [-0.39, 0.29) is 29.6 Å². The molecule has 0 bridgehead atoms. The standard InChI is InChI=1S/C11H10N2O5S.Na.H/c14-9-8(10(15)13-11(16)12-9)19(17,18)6-7-4-2-1-3-5-7;;/h1-5,8H,6H2,(H2,12,13,14,15,16);;. The Morgan fingerprint density at radius 3 is 1.95 bits per heavy atom. The quantitative estimate of drug-likeness (QED) is 0.532. The van der Waals surface area contributed by atoms with Gasteiger partial charge in [-0.05, 0) is 5.56 Å². The molecule has 1 aliphatic rings. The van der Waals surface area contributed by atoms with E-state index >= 15 is 0 Å². The summed E-state index contributed by atoms with van der Waals surface area (Å²) in [6.45, 7) is 0. The van der Waals surface area contributed by atoms with Crippen LogP contribution in [-0.2, 0) is 25.2 Å². The third-order valence-electron chi connectivity index (χ3n) is 2.52. The van der Waals surface area contributed by atoms with E-state index in [1.54, 1.807) is 41.0 Å². The summed E-state index contributed by atoms with van der Waals surface area (Å²) >= 11 is 0. The summed E-state index contributed by atoms with van der Waals surface area (Å²) in [6, 6.07) is 7.14. The second kappa shape index (κ2) is 6.49. The predicted molar refractivity (Wildman–Crippen MR) is 71.7 cm³/mol. The molecule has 1 heterocycles. The van der Waals surface area contributed by atoms with Gasteiger partial charge in [-0.2, -0.15) is 0 Å². The zero-order chi connectivity index (χ0) is 14.0. The number of benzene rings is 1. The normalized spacial score (nSPS) is 16.1. The van der Waals surface area contributed by atoms with Gasteiger partial charge in [0.1, 0.15) is 0 Å². The first-order valence-electron chi connectivity index (χ1n) is 5.31. The van der Waals surface area contributed by atoms with E-state index < -0.39 is 38.7 Å². The molecule has 1 saturated heterocycles. The summed E-state index contributed by atoms with van der Waals surface area (Å²) < 4.78 is 24.1. The fourth-order valence-electron chi connectivity index (χ4n) is 1.72. The van der Waals surface area contributed by atoms with E-state index in [2.05, 4.69) is 0 Å². The minimum absolute atomic E-state index is 0. The first kappa shape index (κ1) is 16.8. The van der Waals surface area contributed by atoms with Crippen molar-refractivity contribution in [3.05, 3.63) is 35.9 Å². The van der Waals surface area contributed by atoms with Crippen LogP contribution in [0.4, 0.5) is 4.79 Å². The molecule has 0 radical (unpaired) electrons. The predicted octanol–water partition coefficient (Wildman–Crippen LogP) is -1.31. The molecule has 0 aliphatic carbocycles. The Hall–Kier alpha value is -1.22. The Kier molecular flexibility index (Phi) is 5.46. The number of rotatable bonds is 3. The molecule has 0 spiro atoms. The van der Waals surface area contributed by atoms with E-state index in [4.69, 9.17) is 0 Å². The Morgan fingerprint density at radius 2 is 1.45 bits per heavy atom. The molecular weight excluding hydrogens is 295 g/mol. The third-order valence-corrected chi connectivity index (χ3v) is 4.40. The van der Waals surface area contributed by atoms with Gasteiger partial charge in [-0.25, -0.2) is 13.2 Å². The number of amides is 4. The number of sulfone groups is 1. The molecule has 2 N–H and O–H groups in total. The molecule has 1 aromatic carbocycles. The molecule has 0 saturated carbocycles. The van der Waals surface area contributed by atoms with Gasteiger partial charge in [0.25, 0.3) is 11.8 Å². The Morgan fingerprint density at radius 1 is 0.950 bits per heavy atom. The van der Waals surface area contributed by atoms with Gasteiger partial charge < -0.3 is 0 Å². The zero-order valence-corrected chi connectivity index (χ0v) is 10.4. The molecule has 7 nitrogen and oxygen atoms in total. The van der Waals surface area contributed by atoms with Crippen molar-refractivity contribution in [2.24, 2.45) is 0 Å². The number of carbonyl (C=O) groups excluding carboxylic acids is 3. The number of carbonyl (C=O) groups is 3. The van der Waals surface area contributed by atoms with E-state index in [1.807, 2.05) is 0 Å². The second-order valence-corrected chi connectivity index (χ2v) is 6.07. The van der Waals surface area contributed by atoms with Crippen molar-refractivity contribution in [1.29, 1.82) is 0 Å². The van der Waals surface area contributed by atoms with Crippen molar-refractivity contribution < 1.29 is 22.8 Å². The molecule has 1 aromatic rings. The van der Waals surface area contributed by atoms with Crippen molar-refractivity contribution >= 4 is 57.2 Å². The van der Waals surface area contributed by atoms with E-state index in [9.17, 15) is 22.8 Å². The minimum atomic E-state index is -4.03. The van der Waals surface area contributed by atoms with E-state index in [0.717, 1.165) is 0 Å². The van der Waals surface area contributed by atoms with Crippen LogP contribution in [0, 0.1) is 0 Å². The second-order valence-electron chi connectivity index (χ2n) is 3.98. The van der Waals surface area contributed by atoms with Gasteiger partial charge >= 0.3 is 35.6 Å². The third kappa shape index (κ3) is 3.66. The molecule has 0 aromatic heterocycles. The van der Waals surface area contributed by atoms with Gasteiger partial charge in [-0.15, -0.1) is 0 Å². The first-order valence-corrected chi connectivity index (χ1v) is 7.03. The molecular formula is C11H11N2NaO5S. The summed E-state index contributed by atoms with van der Waals surface area (Å²) in [6.07, 6.45) is 0. The topological polar surface area (TPSA) is 109 Å². The van der Waals surface area contributed by atoms with Gasteiger partial charge in [0.2, 0.25) is 5.25 Å². The average Bonchev–Trinajstić information content (AvgIpc) is 2.27. The summed E-state index contributed by atoms with van der Waals surface area (Å²) in [4.78, 5) is 33.8. The molecule has 4 amide bonds. The van der Waals surface area contributed by atoms with Crippen LogP contribution in [0.1, 0.15) is 5.56 Å². The fourth-order valence-corrected chi connectivity index (χ4v) is 3.32. The monoisotopic (exact) mass is 306 g/mol. The van der Waals surface area contributed by atoms with Gasteiger partial charge in [0, 0.05) is 0 Å². The number of barbiturate groups is 1. The SMILES string of the molecule is O=C1NC(=O)C(S(=O)(=O)Cc2ccccc2)C(=O)N1.[NaH].